The Morgan fingerprint density at radius 3 is 1.57 bits per heavy atom. The van der Waals surface area contributed by atoms with Gasteiger partial charge in [-0.2, -0.15) is 0 Å². The number of rotatable bonds is 21. The fourth-order valence-corrected chi connectivity index (χ4v) is 10.9. The maximum Gasteiger partial charge on any atom is 0.233 e. The maximum atomic E-state index is 14.2. The number of benzene rings is 7. The van der Waals surface area contributed by atoms with Gasteiger partial charge < -0.3 is 29.0 Å². The quantitative estimate of drug-likeness (QED) is 0.0719. The van der Waals surface area contributed by atoms with Crippen molar-refractivity contribution in [2.45, 2.75) is 86.3 Å². The maximum absolute atomic E-state index is 14.2. The average molecular weight is 946 g/mol. The van der Waals surface area contributed by atoms with Crippen LogP contribution in [-0.4, -0.2) is 41.2 Å². The summed E-state index contributed by atoms with van der Waals surface area (Å²) in [4.78, 5) is 17.0. The third-order valence-electron chi connectivity index (χ3n) is 13.2. The number of aliphatic hydroxyl groups is 1. The lowest BCUT2D eigenvalue weighted by molar-refractivity contribution is -0.189. The topological polar surface area (TPSA) is 77.5 Å². The van der Waals surface area contributed by atoms with Crippen molar-refractivity contribution in [3.8, 4) is 0 Å². The molecule has 1 amide bonds. The number of hydrogen-bond donors (Lipinski definition) is 1. The number of thioether (sulfide) groups is 1. The smallest absolute Gasteiger partial charge is 0.233 e. The molecular formula is C59H57F2NO6S. The molecule has 0 radical (unpaired) electrons. The first-order valence-corrected chi connectivity index (χ1v) is 24.6. The van der Waals surface area contributed by atoms with Crippen LogP contribution in [0.15, 0.2) is 199 Å². The number of hydrogen-bond acceptors (Lipinski definition) is 7. The molecule has 0 aromatic heterocycles. The first kappa shape index (κ1) is 48.1. The molecule has 354 valence electrons. The lowest BCUT2D eigenvalue weighted by Gasteiger charge is -2.48. The van der Waals surface area contributed by atoms with E-state index >= 15 is 0 Å². The predicted molar refractivity (Wildman–Crippen MR) is 266 cm³/mol. The monoisotopic (exact) mass is 945 g/mol. The minimum Gasteiger partial charge on any atom is -0.396 e. The van der Waals surface area contributed by atoms with E-state index in [1.165, 1.54) is 24.3 Å². The van der Waals surface area contributed by atoms with Gasteiger partial charge in [-0.05, 0) is 101 Å². The van der Waals surface area contributed by atoms with Crippen molar-refractivity contribution < 1.29 is 37.6 Å². The fraction of sp³-hybridized carbons (Fsp3) is 0.271. The Bertz CT molecular complexity index is 2650. The van der Waals surface area contributed by atoms with E-state index in [0.717, 1.165) is 38.3 Å². The number of nitrogens with zero attached hydrogens (tertiary/aromatic N) is 1. The van der Waals surface area contributed by atoms with Crippen LogP contribution in [0.25, 0.3) is 0 Å². The molecule has 0 bridgehead atoms. The van der Waals surface area contributed by atoms with E-state index in [1.807, 2.05) is 109 Å². The first-order valence-electron chi connectivity index (χ1n) is 23.7. The molecule has 10 heteroatoms. The Balaban J connectivity index is 0.978. The molecule has 7 aromatic carbocycles. The molecule has 1 heterocycles. The van der Waals surface area contributed by atoms with Crippen molar-refractivity contribution >= 4 is 23.4 Å². The molecule has 8 atom stereocenters. The number of aliphatic hydroxyl groups excluding tert-OH is 1. The molecule has 7 nitrogen and oxygen atoms in total. The first-order chi connectivity index (χ1) is 33.9. The Labute approximate surface area is 408 Å². The minimum absolute atomic E-state index is 0.0489. The van der Waals surface area contributed by atoms with Crippen LogP contribution in [-0.2, 0) is 50.2 Å². The summed E-state index contributed by atoms with van der Waals surface area (Å²) in [5.74, 6) is -1.37. The third kappa shape index (κ3) is 12.3. The number of β-lactam (4-membered cyclic amide) rings is 1. The van der Waals surface area contributed by atoms with Crippen molar-refractivity contribution in [1.29, 1.82) is 0 Å². The Morgan fingerprint density at radius 2 is 1.04 bits per heavy atom. The van der Waals surface area contributed by atoms with E-state index in [2.05, 4.69) is 36.4 Å². The van der Waals surface area contributed by atoms with Gasteiger partial charge in [0.05, 0.1) is 56.7 Å². The van der Waals surface area contributed by atoms with Crippen LogP contribution >= 0.6 is 11.8 Å². The standard InChI is InChI=1S/C59H57F2NO6S/c60-48-25-21-45(22-26-48)53(65-37-41-13-5-1-6-14-41)34-33-52-55(62(59(52)64)50-29-27-49(61)28-30-50)46-23-31-51(32-24-46)69-54-35-47(36-63)56(66-38-42-15-7-2-8-16-42)58(68-40-44-19-11-4-12-20-44)57(54)67-39-43-17-9-3-10-18-43/h1-32,47,52-58,63H,33-40H2/t47-,52-,53+,54-,55-,56-,57-,58-/m1/s1. The summed E-state index contributed by atoms with van der Waals surface area (Å²) >= 11 is 1.69. The summed E-state index contributed by atoms with van der Waals surface area (Å²) < 4.78 is 55.3. The molecule has 2 aliphatic rings. The molecule has 9 rings (SSSR count). The predicted octanol–water partition coefficient (Wildman–Crippen LogP) is 12.6. The summed E-state index contributed by atoms with van der Waals surface area (Å²) in [5, 5.41) is 10.9. The van der Waals surface area contributed by atoms with Gasteiger partial charge in [0.25, 0.3) is 0 Å². The Kier molecular flexibility index (Phi) is 16.4. The van der Waals surface area contributed by atoms with Gasteiger partial charge in [0.2, 0.25) is 5.91 Å². The molecule has 0 spiro atoms. The zero-order valence-electron chi connectivity index (χ0n) is 38.4. The van der Waals surface area contributed by atoms with Crippen LogP contribution in [0, 0.1) is 23.5 Å². The van der Waals surface area contributed by atoms with Crippen molar-refractivity contribution in [2.75, 3.05) is 11.5 Å². The summed E-state index contributed by atoms with van der Waals surface area (Å²) in [7, 11) is 0. The normalized spacial score (nSPS) is 21.7. The molecule has 2 fully saturated rings. The van der Waals surface area contributed by atoms with Crippen LogP contribution in [0.5, 0.6) is 0 Å². The molecule has 7 aromatic rings. The molecule has 1 N–H and O–H groups in total. The highest BCUT2D eigenvalue weighted by Crippen LogP contribution is 2.48. The van der Waals surface area contributed by atoms with Crippen LogP contribution in [0.3, 0.4) is 0 Å². The second-order valence-electron chi connectivity index (χ2n) is 17.8. The largest absolute Gasteiger partial charge is 0.396 e. The summed E-state index contributed by atoms with van der Waals surface area (Å²) in [5.41, 5.74) is 6.53. The minimum atomic E-state index is -0.512. The van der Waals surface area contributed by atoms with E-state index in [9.17, 15) is 18.7 Å². The molecular weight excluding hydrogens is 889 g/mol. The highest BCUT2D eigenvalue weighted by atomic mass is 32.2. The van der Waals surface area contributed by atoms with E-state index in [-0.39, 0.29) is 53.4 Å². The van der Waals surface area contributed by atoms with E-state index in [1.54, 1.807) is 40.9 Å². The molecule has 0 unspecified atom stereocenters. The number of carbonyl (C=O) groups is 1. The number of ether oxygens (including phenoxy) is 4. The van der Waals surface area contributed by atoms with Crippen LogP contribution in [0.2, 0.25) is 0 Å². The lowest BCUT2D eigenvalue weighted by atomic mass is 9.78. The third-order valence-corrected chi connectivity index (χ3v) is 14.5. The SMILES string of the molecule is O=C1[C@H](CC[C@H](OCc2ccccc2)c2ccc(F)cc2)[C@@H](c2ccc(S[C@@H]3C[C@H](CO)[C@@H](OCc4ccccc4)[C@@H](OCc4ccccc4)[C@@H]3OCc3ccccc3)cc2)N1c1ccc(F)cc1. The van der Waals surface area contributed by atoms with Crippen molar-refractivity contribution in [2.24, 2.45) is 11.8 Å². The highest BCUT2D eigenvalue weighted by Gasteiger charge is 2.50. The number of amides is 1. The second-order valence-corrected chi connectivity index (χ2v) is 19.2. The number of halogens is 2. The molecule has 1 aliphatic heterocycles. The van der Waals surface area contributed by atoms with Gasteiger partial charge >= 0.3 is 0 Å². The van der Waals surface area contributed by atoms with Crippen molar-refractivity contribution in [3.63, 3.8) is 0 Å². The second kappa shape index (κ2) is 23.6. The van der Waals surface area contributed by atoms with E-state index in [4.69, 9.17) is 18.9 Å². The van der Waals surface area contributed by atoms with Gasteiger partial charge in [-0.15, -0.1) is 11.8 Å². The van der Waals surface area contributed by atoms with Gasteiger partial charge in [0.1, 0.15) is 17.7 Å². The molecule has 1 saturated carbocycles. The van der Waals surface area contributed by atoms with E-state index < -0.39 is 18.3 Å². The van der Waals surface area contributed by atoms with Crippen LogP contribution in [0.4, 0.5) is 14.5 Å². The number of anilines is 1. The lowest BCUT2D eigenvalue weighted by Crippen LogP contribution is -2.56. The zero-order valence-corrected chi connectivity index (χ0v) is 39.2. The van der Waals surface area contributed by atoms with Gasteiger partial charge in [0.15, 0.2) is 0 Å². The molecule has 1 aliphatic carbocycles. The van der Waals surface area contributed by atoms with Gasteiger partial charge in [0, 0.05) is 28.4 Å². The van der Waals surface area contributed by atoms with Gasteiger partial charge in [-0.25, -0.2) is 8.78 Å². The van der Waals surface area contributed by atoms with Crippen molar-refractivity contribution in [1.82, 2.24) is 0 Å². The van der Waals surface area contributed by atoms with Gasteiger partial charge in [-0.3, -0.25) is 4.79 Å². The van der Waals surface area contributed by atoms with Crippen LogP contribution in [0.1, 0.15) is 64.8 Å². The van der Waals surface area contributed by atoms with Gasteiger partial charge in [-0.1, -0.05) is 146 Å². The Morgan fingerprint density at radius 1 is 0.565 bits per heavy atom. The molecule has 1 saturated heterocycles. The summed E-state index contributed by atoms with van der Waals surface area (Å²) in [6, 6.07) is 60.5. The average Bonchev–Trinajstić information content (AvgIpc) is 3.39. The zero-order chi connectivity index (χ0) is 47.4. The Hall–Kier alpha value is -5.98. The van der Waals surface area contributed by atoms with Crippen molar-refractivity contribution in [3.05, 3.63) is 239 Å². The number of carbonyl (C=O) groups excluding carboxylic acids is 1. The van der Waals surface area contributed by atoms with Crippen LogP contribution < -0.4 is 4.90 Å². The fourth-order valence-electron chi connectivity index (χ4n) is 9.59. The summed E-state index contributed by atoms with van der Waals surface area (Å²) in [6.45, 7) is 1.37. The summed E-state index contributed by atoms with van der Waals surface area (Å²) in [6.07, 6.45) is -0.0977. The molecule has 69 heavy (non-hydrogen) atoms. The highest BCUT2D eigenvalue weighted by molar-refractivity contribution is 8.00. The van der Waals surface area contributed by atoms with E-state index in [0.29, 0.717) is 51.4 Å².